The lowest BCUT2D eigenvalue weighted by Gasteiger charge is -2.10. The molecule has 22 heavy (non-hydrogen) atoms. The smallest absolute Gasteiger partial charge is 0.416 e. The molecular formula is C17H14F3NO. The normalized spacial score (nSPS) is 11.8. The minimum Gasteiger partial charge on any atom is -0.487 e. The van der Waals surface area contributed by atoms with Crippen molar-refractivity contribution < 1.29 is 17.9 Å². The lowest BCUT2D eigenvalue weighted by Crippen LogP contribution is -2.05. The van der Waals surface area contributed by atoms with Gasteiger partial charge in [-0.05, 0) is 41.8 Å². The molecule has 0 N–H and O–H groups in total. The largest absolute Gasteiger partial charge is 0.487 e. The van der Waals surface area contributed by atoms with Crippen molar-refractivity contribution in [2.75, 3.05) is 0 Å². The molecule has 1 heterocycles. The predicted molar refractivity (Wildman–Crippen MR) is 78.7 cm³/mol. The summed E-state index contributed by atoms with van der Waals surface area (Å²) in [5, 5.41) is 1.11. The highest BCUT2D eigenvalue weighted by Crippen LogP contribution is 2.30. The molecule has 0 spiro atoms. The van der Waals surface area contributed by atoms with Crippen LogP contribution in [0.25, 0.3) is 10.9 Å². The van der Waals surface area contributed by atoms with Crippen LogP contribution in [-0.2, 0) is 19.8 Å². The van der Waals surface area contributed by atoms with Crippen molar-refractivity contribution in [3.63, 3.8) is 0 Å². The van der Waals surface area contributed by atoms with Gasteiger partial charge in [-0.15, -0.1) is 0 Å². The van der Waals surface area contributed by atoms with Crippen molar-refractivity contribution >= 4 is 10.9 Å². The van der Waals surface area contributed by atoms with E-state index in [1.54, 1.807) is 0 Å². The number of aryl methyl sites for hydroxylation is 1. The lowest BCUT2D eigenvalue weighted by atomic mass is 10.2. The van der Waals surface area contributed by atoms with E-state index in [9.17, 15) is 13.2 Å². The second-order valence-electron chi connectivity index (χ2n) is 5.06. The molecule has 5 heteroatoms. The standard InChI is InChI=1S/C17H14F3NO/c1-21-14(10-12-4-2-3-5-16(12)21)11-22-15-8-6-13(7-9-15)17(18,19)20/h2-10H,11H2,1H3. The number of fused-ring (bicyclic) bond motifs is 1. The molecule has 0 amide bonds. The van der Waals surface area contributed by atoms with Crippen LogP contribution in [0.4, 0.5) is 13.2 Å². The van der Waals surface area contributed by atoms with Crippen LogP contribution in [0.3, 0.4) is 0 Å². The van der Waals surface area contributed by atoms with Gasteiger partial charge in [0.05, 0.1) is 11.3 Å². The van der Waals surface area contributed by atoms with E-state index in [0.717, 1.165) is 28.7 Å². The summed E-state index contributed by atoms with van der Waals surface area (Å²) in [6, 6.07) is 14.7. The highest BCUT2D eigenvalue weighted by Gasteiger charge is 2.30. The quantitative estimate of drug-likeness (QED) is 0.679. The van der Waals surface area contributed by atoms with Crippen LogP contribution in [0.2, 0.25) is 0 Å². The van der Waals surface area contributed by atoms with Crippen LogP contribution in [0.1, 0.15) is 11.3 Å². The first kappa shape index (κ1) is 14.5. The molecule has 0 atom stereocenters. The Morgan fingerprint density at radius 2 is 1.68 bits per heavy atom. The molecule has 2 aromatic carbocycles. The molecule has 3 rings (SSSR count). The number of rotatable bonds is 3. The SMILES string of the molecule is Cn1c(COc2ccc(C(F)(F)F)cc2)cc2ccccc21. The van der Waals surface area contributed by atoms with Gasteiger partial charge in [0.25, 0.3) is 0 Å². The molecule has 3 aromatic rings. The summed E-state index contributed by atoms with van der Waals surface area (Å²) in [5.74, 6) is 0.415. The van der Waals surface area contributed by atoms with Crippen LogP contribution in [0.5, 0.6) is 5.75 Å². The van der Waals surface area contributed by atoms with Crippen molar-refractivity contribution in [1.29, 1.82) is 0 Å². The number of benzene rings is 2. The Morgan fingerprint density at radius 1 is 1.00 bits per heavy atom. The van der Waals surface area contributed by atoms with Gasteiger partial charge in [0.2, 0.25) is 0 Å². The molecule has 0 saturated carbocycles. The zero-order chi connectivity index (χ0) is 15.7. The number of nitrogens with zero attached hydrogens (tertiary/aromatic N) is 1. The fraction of sp³-hybridized carbons (Fsp3) is 0.176. The Hall–Kier alpha value is -2.43. The summed E-state index contributed by atoms with van der Waals surface area (Å²) in [4.78, 5) is 0. The third-order valence-corrected chi connectivity index (χ3v) is 3.62. The lowest BCUT2D eigenvalue weighted by molar-refractivity contribution is -0.137. The number of ether oxygens (including phenoxy) is 1. The maximum Gasteiger partial charge on any atom is 0.416 e. The van der Waals surface area contributed by atoms with Gasteiger partial charge < -0.3 is 9.30 Å². The molecule has 0 aliphatic carbocycles. The van der Waals surface area contributed by atoms with E-state index >= 15 is 0 Å². The first-order valence-corrected chi connectivity index (χ1v) is 6.78. The first-order chi connectivity index (χ1) is 10.4. The highest BCUT2D eigenvalue weighted by atomic mass is 19.4. The molecule has 1 aromatic heterocycles. The Balaban J connectivity index is 1.75. The van der Waals surface area contributed by atoms with Crippen LogP contribution in [0.15, 0.2) is 54.6 Å². The van der Waals surface area contributed by atoms with Crippen LogP contribution < -0.4 is 4.74 Å². The molecule has 0 saturated heterocycles. The van der Waals surface area contributed by atoms with Gasteiger partial charge >= 0.3 is 6.18 Å². The van der Waals surface area contributed by atoms with Crippen LogP contribution in [-0.4, -0.2) is 4.57 Å². The van der Waals surface area contributed by atoms with Gasteiger partial charge in [0.15, 0.2) is 0 Å². The van der Waals surface area contributed by atoms with E-state index in [1.807, 2.05) is 41.9 Å². The summed E-state index contributed by atoms with van der Waals surface area (Å²) < 4.78 is 45.1. The van der Waals surface area contributed by atoms with E-state index in [-0.39, 0.29) is 0 Å². The number of halogens is 3. The Bertz CT molecular complexity index is 788. The predicted octanol–water partition coefficient (Wildman–Crippen LogP) is 4.78. The highest BCUT2D eigenvalue weighted by molar-refractivity contribution is 5.81. The van der Waals surface area contributed by atoms with Crippen molar-refractivity contribution in [2.45, 2.75) is 12.8 Å². The summed E-state index contributed by atoms with van der Waals surface area (Å²) >= 11 is 0. The van der Waals surface area contributed by atoms with E-state index in [4.69, 9.17) is 4.74 Å². The van der Waals surface area contributed by atoms with Crippen molar-refractivity contribution in [2.24, 2.45) is 7.05 Å². The van der Waals surface area contributed by atoms with E-state index in [2.05, 4.69) is 0 Å². The summed E-state index contributed by atoms with van der Waals surface area (Å²) in [6.45, 7) is 0.302. The van der Waals surface area contributed by atoms with Gasteiger partial charge in [-0.1, -0.05) is 18.2 Å². The molecule has 0 radical (unpaired) electrons. The monoisotopic (exact) mass is 305 g/mol. The summed E-state index contributed by atoms with van der Waals surface area (Å²) in [6.07, 6.45) is -4.33. The Morgan fingerprint density at radius 3 is 2.32 bits per heavy atom. The number of para-hydroxylation sites is 1. The number of alkyl halides is 3. The third kappa shape index (κ3) is 2.79. The second kappa shape index (κ2) is 5.40. The summed E-state index contributed by atoms with van der Waals surface area (Å²) in [5.41, 5.74) is 1.37. The van der Waals surface area contributed by atoms with Crippen LogP contribution in [0, 0.1) is 0 Å². The van der Waals surface area contributed by atoms with Crippen molar-refractivity contribution in [1.82, 2.24) is 4.57 Å². The maximum absolute atomic E-state index is 12.5. The molecule has 114 valence electrons. The molecule has 0 aliphatic rings. The number of hydrogen-bond donors (Lipinski definition) is 0. The zero-order valence-corrected chi connectivity index (χ0v) is 11.9. The van der Waals surface area contributed by atoms with Gasteiger partial charge in [-0.25, -0.2) is 0 Å². The second-order valence-corrected chi connectivity index (χ2v) is 5.06. The van der Waals surface area contributed by atoms with Crippen molar-refractivity contribution in [3.8, 4) is 5.75 Å². The Labute approximate surface area is 125 Å². The fourth-order valence-corrected chi connectivity index (χ4v) is 2.38. The minimum atomic E-state index is -4.33. The third-order valence-electron chi connectivity index (χ3n) is 3.62. The molecule has 0 unspecified atom stereocenters. The average Bonchev–Trinajstić information content (AvgIpc) is 2.82. The molecule has 0 aliphatic heterocycles. The number of hydrogen-bond acceptors (Lipinski definition) is 1. The first-order valence-electron chi connectivity index (χ1n) is 6.78. The molecular weight excluding hydrogens is 291 g/mol. The van der Waals surface area contributed by atoms with E-state index < -0.39 is 11.7 Å². The van der Waals surface area contributed by atoms with Gasteiger partial charge in [-0.3, -0.25) is 0 Å². The van der Waals surface area contributed by atoms with E-state index in [0.29, 0.717) is 12.4 Å². The van der Waals surface area contributed by atoms with Gasteiger partial charge in [0, 0.05) is 12.6 Å². The van der Waals surface area contributed by atoms with Gasteiger partial charge in [-0.2, -0.15) is 13.2 Å². The van der Waals surface area contributed by atoms with Gasteiger partial charge in [0.1, 0.15) is 12.4 Å². The molecule has 0 fully saturated rings. The number of aromatic nitrogens is 1. The topological polar surface area (TPSA) is 14.2 Å². The van der Waals surface area contributed by atoms with Crippen LogP contribution >= 0.6 is 0 Å². The maximum atomic E-state index is 12.5. The summed E-state index contributed by atoms with van der Waals surface area (Å²) in [7, 11) is 1.94. The molecule has 2 nitrogen and oxygen atoms in total. The zero-order valence-electron chi connectivity index (χ0n) is 11.9. The minimum absolute atomic E-state index is 0.302. The average molecular weight is 305 g/mol. The molecule has 0 bridgehead atoms. The van der Waals surface area contributed by atoms with E-state index in [1.165, 1.54) is 12.1 Å². The fourth-order valence-electron chi connectivity index (χ4n) is 2.38. The van der Waals surface area contributed by atoms with Crippen molar-refractivity contribution in [3.05, 3.63) is 65.9 Å². The Kier molecular flexibility index (Phi) is 3.56.